The van der Waals surface area contributed by atoms with Crippen molar-refractivity contribution in [3.63, 3.8) is 0 Å². The molecule has 1 saturated heterocycles. The first-order valence-electron chi connectivity index (χ1n) is 9.66. The fourth-order valence-electron chi connectivity index (χ4n) is 3.75. The molecule has 1 fully saturated rings. The molecule has 7 heteroatoms. The SMILES string of the molecule is NC(=O)C1CCN(C(=O)c2ccccc2C(=O)c2ccc3c(c2)OCCO3)CC1. The molecule has 2 aromatic carbocycles. The normalized spacial score (nSPS) is 16.3. The molecular formula is C22H22N2O5. The maximum Gasteiger partial charge on any atom is 0.254 e. The lowest BCUT2D eigenvalue weighted by atomic mass is 9.94. The molecule has 2 aliphatic heterocycles. The van der Waals surface area contributed by atoms with Crippen molar-refractivity contribution >= 4 is 17.6 Å². The van der Waals surface area contributed by atoms with Crippen LogP contribution in [-0.4, -0.2) is 48.8 Å². The monoisotopic (exact) mass is 394 g/mol. The van der Waals surface area contributed by atoms with Gasteiger partial charge in [0.15, 0.2) is 17.3 Å². The van der Waals surface area contributed by atoms with Crippen LogP contribution < -0.4 is 15.2 Å². The first kappa shape index (κ1) is 19.0. The fourth-order valence-corrected chi connectivity index (χ4v) is 3.75. The number of rotatable bonds is 4. The minimum Gasteiger partial charge on any atom is -0.486 e. The second-order valence-electron chi connectivity index (χ2n) is 7.20. The number of ether oxygens (including phenoxy) is 2. The summed E-state index contributed by atoms with van der Waals surface area (Å²) in [5.74, 6) is 0.140. The standard InChI is InChI=1S/C22H22N2O5/c23-21(26)14-7-9-24(10-8-14)22(27)17-4-2-1-3-16(17)20(25)15-5-6-18-19(13-15)29-12-11-28-18/h1-6,13-14H,7-12H2,(H2,23,26). The number of amides is 2. The number of likely N-dealkylation sites (tertiary alicyclic amines) is 1. The maximum absolute atomic E-state index is 13.2. The highest BCUT2D eigenvalue weighted by Gasteiger charge is 2.28. The smallest absolute Gasteiger partial charge is 0.254 e. The van der Waals surface area contributed by atoms with Crippen LogP contribution >= 0.6 is 0 Å². The minimum absolute atomic E-state index is 0.200. The predicted molar refractivity (Wildman–Crippen MR) is 105 cm³/mol. The van der Waals surface area contributed by atoms with Gasteiger partial charge in [-0.05, 0) is 37.1 Å². The third kappa shape index (κ3) is 3.81. The second kappa shape index (κ2) is 7.95. The molecule has 2 amide bonds. The fraction of sp³-hybridized carbons (Fsp3) is 0.318. The van der Waals surface area contributed by atoms with E-state index in [-0.39, 0.29) is 23.5 Å². The topological polar surface area (TPSA) is 98.9 Å². The lowest BCUT2D eigenvalue weighted by Gasteiger charge is -2.31. The van der Waals surface area contributed by atoms with E-state index in [9.17, 15) is 14.4 Å². The molecular weight excluding hydrogens is 372 g/mol. The van der Waals surface area contributed by atoms with Gasteiger partial charge in [-0.1, -0.05) is 18.2 Å². The Kier molecular flexibility index (Phi) is 5.20. The van der Waals surface area contributed by atoms with Crippen molar-refractivity contribution in [1.29, 1.82) is 0 Å². The highest BCUT2D eigenvalue weighted by Crippen LogP contribution is 2.32. The maximum atomic E-state index is 13.2. The molecule has 0 aromatic heterocycles. The van der Waals surface area contributed by atoms with Crippen molar-refractivity contribution < 1.29 is 23.9 Å². The van der Waals surface area contributed by atoms with Crippen molar-refractivity contribution in [2.45, 2.75) is 12.8 Å². The van der Waals surface area contributed by atoms with E-state index in [2.05, 4.69) is 0 Å². The van der Waals surface area contributed by atoms with Crippen LogP contribution in [-0.2, 0) is 4.79 Å². The number of hydrogen-bond acceptors (Lipinski definition) is 5. The van der Waals surface area contributed by atoms with Gasteiger partial charge in [0.2, 0.25) is 5.91 Å². The number of primary amides is 1. The average molecular weight is 394 g/mol. The number of nitrogens with two attached hydrogens (primary N) is 1. The van der Waals surface area contributed by atoms with E-state index in [1.807, 2.05) is 0 Å². The Morgan fingerprint density at radius 1 is 0.897 bits per heavy atom. The van der Waals surface area contributed by atoms with Crippen LogP contribution in [0, 0.1) is 5.92 Å². The van der Waals surface area contributed by atoms with E-state index in [1.165, 1.54) is 0 Å². The number of fused-ring (bicyclic) bond motifs is 1. The molecule has 7 nitrogen and oxygen atoms in total. The van der Waals surface area contributed by atoms with Crippen LogP contribution in [0.4, 0.5) is 0 Å². The van der Waals surface area contributed by atoms with Crippen LogP contribution in [0.25, 0.3) is 0 Å². The van der Waals surface area contributed by atoms with Crippen LogP contribution in [0.2, 0.25) is 0 Å². The van der Waals surface area contributed by atoms with Gasteiger partial charge in [-0.25, -0.2) is 0 Å². The number of carbonyl (C=O) groups excluding carboxylic acids is 3. The van der Waals surface area contributed by atoms with Crippen molar-refractivity contribution in [1.82, 2.24) is 4.90 Å². The highest BCUT2D eigenvalue weighted by molar-refractivity contribution is 6.15. The Bertz CT molecular complexity index is 963. The Morgan fingerprint density at radius 3 is 2.24 bits per heavy atom. The number of nitrogens with zero attached hydrogens (tertiary/aromatic N) is 1. The van der Waals surface area contributed by atoms with Crippen molar-refractivity contribution in [3.8, 4) is 11.5 Å². The molecule has 0 radical (unpaired) electrons. The molecule has 0 bridgehead atoms. The summed E-state index contributed by atoms with van der Waals surface area (Å²) in [6.07, 6.45) is 1.08. The van der Waals surface area contributed by atoms with Crippen LogP contribution in [0.15, 0.2) is 42.5 Å². The zero-order valence-corrected chi connectivity index (χ0v) is 15.9. The van der Waals surface area contributed by atoms with Crippen LogP contribution in [0.1, 0.15) is 39.1 Å². The van der Waals surface area contributed by atoms with Crippen LogP contribution in [0.3, 0.4) is 0 Å². The summed E-state index contributed by atoms with van der Waals surface area (Å²) in [5, 5.41) is 0. The van der Waals surface area contributed by atoms with E-state index in [1.54, 1.807) is 47.4 Å². The molecule has 0 spiro atoms. The predicted octanol–water partition coefficient (Wildman–Crippen LogP) is 2.03. The third-order valence-electron chi connectivity index (χ3n) is 5.39. The summed E-state index contributed by atoms with van der Waals surface area (Å²) < 4.78 is 11.1. The molecule has 0 atom stereocenters. The third-order valence-corrected chi connectivity index (χ3v) is 5.39. The molecule has 2 heterocycles. The molecule has 2 aromatic rings. The van der Waals surface area contributed by atoms with Gasteiger partial charge < -0.3 is 20.1 Å². The Hall–Kier alpha value is -3.35. The van der Waals surface area contributed by atoms with Crippen LogP contribution in [0.5, 0.6) is 11.5 Å². The van der Waals surface area contributed by atoms with Gasteiger partial charge in [-0.2, -0.15) is 0 Å². The number of carbonyl (C=O) groups is 3. The number of benzene rings is 2. The van der Waals surface area contributed by atoms with E-state index >= 15 is 0 Å². The van der Waals surface area contributed by atoms with E-state index in [0.717, 1.165) is 0 Å². The number of ketones is 1. The molecule has 0 unspecified atom stereocenters. The molecule has 29 heavy (non-hydrogen) atoms. The zero-order valence-electron chi connectivity index (χ0n) is 15.9. The van der Waals surface area contributed by atoms with Gasteiger partial charge in [0.05, 0.1) is 5.56 Å². The highest BCUT2D eigenvalue weighted by atomic mass is 16.6. The first-order chi connectivity index (χ1) is 14.0. The summed E-state index contributed by atoms with van der Waals surface area (Å²) in [5.41, 5.74) is 6.49. The first-order valence-corrected chi connectivity index (χ1v) is 9.66. The lowest BCUT2D eigenvalue weighted by molar-refractivity contribution is -0.123. The van der Waals surface area contributed by atoms with Gasteiger partial charge in [-0.3, -0.25) is 14.4 Å². The van der Waals surface area contributed by atoms with E-state index in [0.29, 0.717) is 67.3 Å². The summed E-state index contributed by atoms with van der Waals surface area (Å²) in [7, 11) is 0. The molecule has 2 aliphatic rings. The van der Waals surface area contributed by atoms with Crippen molar-refractivity contribution in [2.75, 3.05) is 26.3 Å². The average Bonchev–Trinajstić information content (AvgIpc) is 2.78. The molecule has 2 N–H and O–H groups in total. The zero-order chi connectivity index (χ0) is 20.4. The van der Waals surface area contributed by atoms with E-state index in [4.69, 9.17) is 15.2 Å². The van der Waals surface area contributed by atoms with Gasteiger partial charge in [0.1, 0.15) is 13.2 Å². The lowest BCUT2D eigenvalue weighted by Crippen LogP contribution is -2.42. The second-order valence-corrected chi connectivity index (χ2v) is 7.20. The summed E-state index contributed by atoms with van der Waals surface area (Å²) in [6, 6.07) is 11.8. The Balaban J connectivity index is 1.58. The molecule has 150 valence electrons. The van der Waals surface area contributed by atoms with E-state index < -0.39 is 0 Å². The number of hydrogen-bond donors (Lipinski definition) is 1. The Morgan fingerprint density at radius 2 is 1.55 bits per heavy atom. The van der Waals surface area contributed by atoms with Gasteiger partial charge in [0.25, 0.3) is 5.91 Å². The summed E-state index contributed by atoms with van der Waals surface area (Å²) in [4.78, 5) is 39.3. The van der Waals surface area contributed by atoms with Gasteiger partial charge in [-0.15, -0.1) is 0 Å². The Labute approximate surface area is 168 Å². The van der Waals surface area contributed by atoms with Crippen molar-refractivity contribution in [2.24, 2.45) is 11.7 Å². The summed E-state index contributed by atoms with van der Waals surface area (Å²) in [6.45, 7) is 1.79. The molecule has 0 aliphatic carbocycles. The molecule has 4 rings (SSSR count). The quantitative estimate of drug-likeness (QED) is 0.800. The largest absolute Gasteiger partial charge is 0.486 e. The van der Waals surface area contributed by atoms with Gasteiger partial charge >= 0.3 is 0 Å². The minimum atomic E-state index is -0.328. The van der Waals surface area contributed by atoms with Crippen molar-refractivity contribution in [3.05, 3.63) is 59.2 Å². The molecule has 0 saturated carbocycles. The summed E-state index contributed by atoms with van der Waals surface area (Å²) >= 11 is 0. The van der Waals surface area contributed by atoms with Gasteiger partial charge in [0, 0.05) is 30.1 Å². The number of piperidine rings is 1.